The quantitative estimate of drug-likeness (QED) is 0.776. The van der Waals surface area contributed by atoms with E-state index in [1.54, 1.807) is 6.07 Å². The number of hydrogen-bond donors (Lipinski definition) is 0. The molecule has 0 radical (unpaired) electrons. The number of nitrogens with zero attached hydrogens (tertiary/aromatic N) is 1. The fraction of sp³-hybridized carbons (Fsp3) is 0.500. The SMILES string of the molecule is CCN(CC)Cc1ccc(C)cc1S(=O)(=O)Cl. The molecule has 0 aromatic heterocycles. The van der Waals surface area contributed by atoms with Crippen molar-refractivity contribution in [3.8, 4) is 0 Å². The summed E-state index contributed by atoms with van der Waals surface area (Å²) >= 11 is 0. The maximum atomic E-state index is 11.5. The van der Waals surface area contributed by atoms with E-state index in [1.165, 1.54) is 0 Å². The highest BCUT2D eigenvalue weighted by Crippen LogP contribution is 2.22. The molecule has 0 fully saturated rings. The molecule has 1 rings (SSSR count). The van der Waals surface area contributed by atoms with Gasteiger partial charge in [-0.3, -0.25) is 4.90 Å². The Kier molecular flexibility index (Phi) is 4.98. The van der Waals surface area contributed by atoms with Crippen LogP contribution in [0.5, 0.6) is 0 Å². The minimum atomic E-state index is -3.67. The molecule has 0 heterocycles. The van der Waals surface area contributed by atoms with Gasteiger partial charge in [-0.15, -0.1) is 0 Å². The average Bonchev–Trinajstić information content (AvgIpc) is 2.26. The number of hydrogen-bond acceptors (Lipinski definition) is 3. The van der Waals surface area contributed by atoms with Crippen molar-refractivity contribution in [2.45, 2.75) is 32.2 Å². The Morgan fingerprint density at radius 2 is 1.82 bits per heavy atom. The zero-order valence-corrected chi connectivity index (χ0v) is 12.0. The Balaban J connectivity index is 3.16. The van der Waals surface area contributed by atoms with Crippen molar-refractivity contribution in [1.82, 2.24) is 4.90 Å². The highest BCUT2D eigenvalue weighted by Gasteiger charge is 2.16. The van der Waals surface area contributed by atoms with Crippen LogP contribution in [0.15, 0.2) is 23.1 Å². The van der Waals surface area contributed by atoms with Crippen LogP contribution < -0.4 is 0 Å². The van der Waals surface area contributed by atoms with Gasteiger partial charge in [-0.05, 0) is 37.2 Å². The smallest absolute Gasteiger partial charge is 0.261 e. The lowest BCUT2D eigenvalue weighted by Crippen LogP contribution is -2.23. The van der Waals surface area contributed by atoms with Crippen molar-refractivity contribution in [2.75, 3.05) is 13.1 Å². The predicted molar refractivity (Wildman–Crippen MR) is 70.8 cm³/mol. The molecule has 0 unspecified atom stereocenters. The van der Waals surface area contributed by atoms with E-state index in [9.17, 15) is 8.42 Å². The van der Waals surface area contributed by atoms with E-state index in [-0.39, 0.29) is 4.90 Å². The Morgan fingerprint density at radius 3 is 2.29 bits per heavy atom. The average molecular weight is 276 g/mol. The largest absolute Gasteiger partial charge is 0.300 e. The molecule has 0 saturated heterocycles. The van der Waals surface area contributed by atoms with Gasteiger partial charge in [0.05, 0.1) is 4.90 Å². The minimum absolute atomic E-state index is 0.228. The lowest BCUT2D eigenvalue weighted by atomic mass is 10.1. The molecule has 0 bridgehead atoms. The summed E-state index contributed by atoms with van der Waals surface area (Å²) < 4.78 is 23.0. The molecule has 0 spiro atoms. The normalized spacial score (nSPS) is 12.1. The van der Waals surface area contributed by atoms with Gasteiger partial charge in [-0.2, -0.15) is 0 Å². The second-order valence-electron chi connectivity index (χ2n) is 4.01. The molecule has 1 aromatic rings. The number of aryl methyl sites for hydroxylation is 1. The van der Waals surface area contributed by atoms with Crippen LogP contribution in [0, 0.1) is 6.92 Å². The number of benzene rings is 1. The van der Waals surface area contributed by atoms with Gasteiger partial charge >= 0.3 is 0 Å². The first kappa shape index (κ1) is 14.5. The molecule has 96 valence electrons. The topological polar surface area (TPSA) is 37.4 Å². The molecule has 1 aromatic carbocycles. The third kappa shape index (κ3) is 3.98. The van der Waals surface area contributed by atoms with Gasteiger partial charge in [0.25, 0.3) is 9.05 Å². The lowest BCUT2D eigenvalue weighted by molar-refractivity contribution is 0.293. The molecular formula is C12H18ClNO2S. The second-order valence-corrected chi connectivity index (χ2v) is 6.54. The minimum Gasteiger partial charge on any atom is -0.300 e. The molecule has 0 saturated carbocycles. The first-order valence-electron chi connectivity index (χ1n) is 5.65. The standard InChI is InChI=1S/C12H18ClNO2S/c1-4-14(5-2)9-11-7-6-10(3)8-12(11)17(13,15)16/h6-8H,4-5,9H2,1-3H3. The number of halogens is 1. The van der Waals surface area contributed by atoms with Crippen molar-refractivity contribution in [3.63, 3.8) is 0 Å². The van der Waals surface area contributed by atoms with Crippen molar-refractivity contribution in [1.29, 1.82) is 0 Å². The van der Waals surface area contributed by atoms with Crippen LogP contribution in [0.3, 0.4) is 0 Å². The highest BCUT2D eigenvalue weighted by molar-refractivity contribution is 8.13. The second kappa shape index (κ2) is 5.85. The molecule has 0 N–H and O–H groups in total. The third-order valence-electron chi connectivity index (χ3n) is 2.77. The molecule has 0 aliphatic heterocycles. The molecule has 3 nitrogen and oxygen atoms in total. The Morgan fingerprint density at radius 1 is 1.24 bits per heavy atom. The summed E-state index contributed by atoms with van der Waals surface area (Å²) in [5, 5.41) is 0. The summed E-state index contributed by atoms with van der Waals surface area (Å²) in [4.78, 5) is 2.38. The molecule has 0 amide bonds. The van der Waals surface area contributed by atoms with Crippen LogP contribution in [0.2, 0.25) is 0 Å². The highest BCUT2D eigenvalue weighted by atomic mass is 35.7. The van der Waals surface area contributed by atoms with E-state index in [4.69, 9.17) is 10.7 Å². The molecule has 5 heteroatoms. The van der Waals surface area contributed by atoms with Crippen LogP contribution >= 0.6 is 10.7 Å². The van der Waals surface area contributed by atoms with E-state index in [0.717, 1.165) is 24.2 Å². The van der Waals surface area contributed by atoms with Gasteiger partial charge in [-0.25, -0.2) is 8.42 Å². The van der Waals surface area contributed by atoms with E-state index >= 15 is 0 Å². The van der Waals surface area contributed by atoms with Crippen molar-refractivity contribution in [3.05, 3.63) is 29.3 Å². The fourth-order valence-corrected chi connectivity index (χ4v) is 2.91. The van der Waals surface area contributed by atoms with Crippen LogP contribution in [-0.2, 0) is 15.6 Å². The van der Waals surface area contributed by atoms with Gasteiger partial charge < -0.3 is 0 Å². The van der Waals surface area contributed by atoms with Crippen LogP contribution in [0.1, 0.15) is 25.0 Å². The van der Waals surface area contributed by atoms with Crippen LogP contribution in [-0.4, -0.2) is 26.4 Å². The zero-order valence-electron chi connectivity index (χ0n) is 10.4. The Hall–Kier alpha value is -0.580. The summed E-state index contributed by atoms with van der Waals surface area (Å²) in [6.45, 7) is 8.32. The van der Waals surface area contributed by atoms with Crippen molar-refractivity contribution >= 4 is 19.7 Å². The number of rotatable bonds is 5. The first-order valence-corrected chi connectivity index (χ1v) is 7.96. The Labute approximate surface area is 108 Å². The van der Waals surface area contributed by atoms with Crippen LogP contribution in [0.25, 0.3) is 0 Å². The predicted octanol–water partition coefficient (Wildman–Crippen LogP) is 2.76. The zero-order chi connectivity index (χ0) is 13.1. The lowest BCUT2D eigenvalue weighted by Gasteiger charge is -2.19. The van der Waals surface area contributed by atoms with Gasteiger partial charge in [0.2, 0.25) is 0 Å². The summed E-state index contributed by atoms with van der Waals surface area (Å²) in [7, 11) is 1.79. The molecule has 0 atom stereocenters. The van der Waals surface area contributed by atoms with E-state index in [2.05, 4.69) is 4.90 Å². The first-order chi connectivity index (χ1) is 7.88. The van der Waals surface area contributed by atoms with Gasteiger partial charge in [-0.1, -0.05) is 26.0 Å². The summed E-state index contributed by atoms with van der Waals surface area (Å²) in [5.74, 6) is 0. The molecular weight excluding hydrogens is 258 g/mol. The van der Waals surface area contributed by atoms with Gasteiger partial charge in [0.1, 0.15) is 0 Å². The summed E-state index contributed by atoms with van der Waals surface area (Å²) in [6.07, 6.45) is 0. The van der Waals surface area contributed by atoms with E-state index in [0.29, 0.717) is 6.54 Å². The van der Waals surface area contributed by atoms with Crippen molar-refractivity contribution in [2.24, 2.45) is 0 Å². The third-order valence-corrected chi connectivity index (χ3v) is 4.18. The Bertz CT molecular complexity index is 481. The molecule has 0 aliphatic rings. The van der Waals surface area contributed by atoms with Gasteiger partial charge in [0.15, 0.2) is 0 Å². The maximum absolute atomic E-state index is 11.5. The monoisotopic (exact) mass is 275 g/mol. The summed E-state index contributed by atoms with van der Waals surface area (Å²) in [5.41, 5.74) is 1.65. The molecule has 0 aliphatic carbocycles. The van der Waals surface area contributed by atoms with Gasteiger partial charge in [0, 0.05) is 17.2 Å². The molecule has 17 heavy (non-hydrogen) atoms. The fourth-order valence-electron chi connectivity index (χ4n) is 1.71. The van der Waals surface area contributed by atoms with Crippen molar-refractivity contribution < 1.29 is 8.42 Å². The van der Waals surface area contributed by atoms with E-state index in [1.807, 2.05) is 32.9 Å². The summed E-state index contributed by atoms with van der Waals surface area (Å²) in [6, 6.07) is 5.37. The van der Waals surface area contributed by atoms with E-state index < -0.39 is 9.05 Å². The van der Waals surface area contributed by atoms with Crippen LogP contribution in [0.4, 0.5) is 0 Å². The maximum Gasteiger partial charge on any atom is 0.261 e.